The first-order valence-electron chi connectivity index (χ1n) is 5.98. The fourth-order valence-electron chi connectivity index (χ4n) is 2.32. The highest BCUT2D eigenvalue weighted by Crippen LogP contribution is 2.40. The Morgan fingerprint density at radius 2 is 2.24 bits per heavy atom. The zero-order valence-corrected chi connectivity index (χ0v) is 9.99. The van der Waals surface area contributed by atoms with Crippen LogP contribution in [0.5, 0.6) is 0 Å². The van der Waals surface area contributed by atoms with Gasteiger partial charge in [-0.1, -0.05) is 13.0 Å². The molecule has 92 valence electrons. The molecule has 0 spiro atoms. The Labute approximate surface area is 101 Å². The van der Waals surface area contributed by atoms with E-state index >= 15 is 0 Å². The monoisotopic (exact) mass is 234 g/mol. The number of para-hydroxylation sites is 1. The summed E-state index contributed by atoms with van der Waals surface area (Å²) in [7, 11) is 0. The van der Waals surface area contributed by atoms with E-state index in [2.05, 4.69) is 12.2 Å². The van der Waals surface area contributed by atoms with Crippen molar-refractivity contribution in [1.82, 2.24) is 0 Å². The van der Waals surface area contributed by atoms with E-state index in [1.54, 1.807) is 18.2 Å². The van der Waals surface area contributed by atoms with Crippen LogP contribution < -0.4 is 11.1 Å². The molecule has 4 nitrogen and oxygen atoms in total. The van der Waals surface area contributed by atoms with Crippen LogP contribution in [-0.2, 0) is 0 Å². The number of nitrogens with two attached hydrogens (primary N) is 1. The van der Waals surface area contributed by atoms with Gasteiger partial charge in [0, 0.05) is 5.54 Å². The molecule has 0 aliphatic heterocycles. The number of nitrogen functional groups attached to an aromatic ring is 1. The molecule has 1 aliphatic rings. The highest BCUT2D eigenvalue weighted by molar-refractivity contribution is 5.97. The van der Waals surface area contributed by atoms with Gasteiger partial charge in [0.05, 0.1) is 16.9 Å². The highest BCUT2D eigenvalue weighted by Gasteiger charge is 2.36. The zero-order valence-electron chi connectivity index (χ0n) is 9.99. The van der Waals surface area contributed by atoms with Crippen LogP contribution in [0, 0.1) is 0 Å². The molecule has 1 aromatic carbocycles. The van der Waals surface area contributed by atoms with Gasteiger partial charge in [-0.05, 0) is 37.8 Å². The molecule has 0 amide bonds. The van der Waals surface area contributed by atoms with Gasteiger partial charge in [-0.2, -0.15) is 0 Å². The lowest BCUT2D eigenvalue weighted by Gasteiger charge is -2.43. The molecule has 0 bridgehead atoms. The molecule has 1 fully saturated rings. The van der Waals surface area contributed by atoms with E-state index in [0.29, 0.717) is 11.4 Å². The normalized spacial score (nSPS) is 17.2. The number of hydrogen-bond donors (Lipinski definition) is 3. The Kier molecular flexibility index (Phi) is 2.96. The third-order valence-electron chi connectivity index (χ3n) is 3.70. The van der Waals surface area contributed by atoms with E-state index in [9.17, 15) is 4.79 Å². The van der Waals surface area contributed by atoms with Crippen LogP contribution in [0.4, 0.5) is 11.4 Å². The molecule has 1 aromatic rings. The Morgan fingerprint density at radius 3 is 2.71 bits per heavy atom. The molecular weight excluding hydrogens is 216 g/mol. The maximum absolute atomic E-state index is 11.2. The molecule has 1 aliphatic carbocycles. The minimum Gasteiger partial charge on any atom is -0.478 e. The summed E-state index contributed by atoms with van der Waals surface area (Å²) >= 11 is 0. The number of nitrogens with one attached hydrogen (secondary N) is 1. The Hall–Kier alpha value is -1.71. The molecule has 4 heteroatoms. The van der Waals surface area contributed by atoms with Crippen LogP contribution in [0.25, 0.3) is 0 Å². The van der Waals surface area contributed by atoms with Crippen molar-refractivity contribution in [3.05, 3.63) is 23.8 Å². The Morgan fingerprint density at radius 1 is 1.53 bits per heavy atom. The van der Waals surface area contributed by atoms with E-state index < -0.39 is 5.97 Å². The van der Waals surface area contributed by atoms with Crippen LogP contribution in [0.1, 0.15) is 43.0 Å². The number of hydrogen-bond acceptors (Lipinski definition) is 3. The van der Waals surface area contributed by atoms with Gasteiger partial charge in [-0.15, -0.1) is 0 Å². The van der Waals surface area contributed by atoms with Gasteiger partial charge in [0.2, 0.25) is 0 Å². The summed E-state index contributed by atoms with van der Waals surface area (Å²) in [6, 6.07) is 4.99. The van der Waals surface area contributed by atoms with Crippen molar-refractivity contribution in [2.45, 2.75) is 38.1 Å². The molecule has 4 N–H and O–H groups in total. The minimum absolute atomic E-state index is 0.0413. The maximum atomic E-state index is 11.2. The van der Waals surface area contributed by atoms with Gasteiger partial charge in [0.15, 0.2) is 0 Å². The maximum Gasteiger partial charge on any atom is 0.337 e. The summed E-state index contributed by atoms with van der Waals surface area (Å²) in [6.45, 7) is 2.12. The number of aromatic carboxylic acids is 1. The van der Waals surface area contributed by atoms with Crippen molar-refractivity contribution >= 4 is 17.3 Å². The number of carbonyl (C=O) groups is 1. The lowest BCUT2D eigenvalue weighted by molar-refractivity contribution is 0.0697. The summed E-state index contributed by atoms with van der Waals surface area (Å²) in [5.41, 5.74) is 7.24. The van der Waals surface area contributed by atoms with Crippen molar-refractivity contribution in [3.63, 3.8) is 0 Å². The van der Waals surface area contributed by atoms with Crippen LogP contribution in [0.2, 0.25) is 0 Å². The minimum atomic E-state index is -0.939. The van der Waals surface area contributed by atoms with Crippen LogP contribution in [-0.4, -0.2) is 16.6 Å². The second-order valence-corrected chi connectivity index (χ2v) is 4.69. The van der Waals surface area contributed by atoms with E-state index in [-0.39, 0.29) is 11.1 Å². The predicted molar refractivity (Wildman–Crippen MR) is 68.3 cm³/mol. The average Bonchev–Trinajstić information content (AvgIpc) is 2.25. The molecule has 17 heavy (non-hydrogen) atoms. The standard InChI is InChI=1S/C13H18N2O2/c1-2-13(7-4-8-13)15-11-9(12(16)17)5-3-6-10(11)14/h3,5-6,15H,2,4,7-8,14H2,1H3,(H,16,17). The van der Waals surface area contributed by atoms with E-state index in [4.69, 9.17) is 10.8 Å². The number of carboxylic acid groups (broad SMARTS) is 1. The molecular formula is C13H18N2O2. The quantitative estimate of drug-likeness (QED) is 0.700. The van der Waals surface area contributed by atoms with Gasteiger partial charge in [0.25, 0.3) is 0 Å². The molecule has 0 unspecified atom stereocenters. The van der Waals surface area contributed by atoms with E-state index in [0.717, 1.165) is 19.3 Å². The summed E-state index contributed by atoms with van der Waals surface area (Å²) in [5.74, 6) is -0.939. The SMILES string of the molecule is CCC1(Nc2c(N)cccc2C(=O)O)CCC1. The topological polar surface area (TPSA) is 75.3 Å². The molecule has 0 atom stereocenters. The average molecular weight is 234 g/mol. The van der Waals surface area contributed by atoms with Crippen molar-refractivity contribution in [3.8, 4) is 0 Å². The first-order chi connectivity index (χ1) is 8.08. The van der Waals surface area contributed by atoms with Crippen molar-refractivity contribution in [2.24, 2.45) is 0 Å². The predicted octanol–water partition coefficient (Wildman–Crippen LogP) is 2.71. The van der Waals surface area contributed by atoms with Gasteiger partial charge < -0.3 is 16.2 Å². The number of carboxylic acids is 1. The smallest absolute Gasteiger partial charge is 0.337 e. The number of benzene rings is 1. The lowest BCUT2D eigenvalue weighted by atomic mass is 9.74. The van der Waals surface area contributed by atoms with Gasteiger partial charge in [0.1, 0.15) is 0 Å². The van der Waals surface area contributed by atoms with Gasteiger partial charge in [-0.25, -0.2) is 4.79 Å². The fraction of sp³-hybridized carbons (Fsp3) is 0.462. The Bertz CT molecular complexity index is 434. The highest BCUT2D eigenvalue weighted by atomic mass is 16.4. The molecule has 0 radical (unpaired) electrons. The van der Waals surface area contributed by atoms with Gasteiger partial charge >= 0.3 is 5.97 Å². The zero-order chi connectivity index (χ0) is 12.5. The van der Waals surface area contributed by atoms with Crippen molar-refractivity contribution in [1.29, 1.82) is 0 Å². The largest absolute Gasteiger partial charge is 0.478 e. The van der Waals surface area contributed by atoms with E-state index in [1.165, 1.54) is 6.42 Å². The summed E-state index contributed by atoms with van der Waals surface area (Å²) in [6.07, 6.45) is 4.34. The molecule has 2 rings (SSSR count). The second-order valence-electron chi connectivity index (χ2n) is 4.69. The first-order valence-corrected chi connectivity index (χ1v) is 5.98. The number of anilines is 2. The molecule has 0 aromatic heterocycles. The lowest BCUT2D eigenvalue weighted by Crippen LogP contribution is -2.44. The molecule has 1 saturated carbocycles. The molecule has 0 heterocycles. The first kappa shape index (κ1) is 11.8. The summed E-state index contributed by atoms with van der Waals surface area (Å²) < 4.78 is 0. The van der Waals surface area contributed by atoms with Crippen LogP contribution in [0.15, 0.2) is 18.2 Å². The fourth-order valence-corrected chi connectivity index (χ4v) is 2.32. The second kappa shape index (κ2) is 4.28. The summed E-state index contributed by atoms with van der Waals surface area (Å²) in [5, 5.41) is 12.5. The molecule has 0 saturated heterocycles. The van der Waals surface area contributed by atoms with Gasteiger partial charge in [-0.3, -0.25) is 0 Å². The summed E-state index contributed by atoms with van der Waals surface area (Å²) in [4.78, 5) is 11.2. The Balaban J connectivity index is 2.34. The number of rotatable bonds is 4. The van der Waals surface area contributed by atoms with Crippen LogP contribution >= 0.6 is 0 Å². The van der Waals surface area contributed by atoms with Crippen molar-refractivity contribution < 1.29 is 9.90 Å². The third-order valence-corrected chi connectivity index (χ3v) is 3.70. The van der Waals surface area contributed by atoms with E-state index in [1.807, 2.05) is 0 Å². The third kappa shape index (κ3) is 2.07. The van der Waals surface area contributed by atoms with Crippen molar-refractivity contribution in [2.75, 3.05) is 11.1 Å². The van der Waals surface area contributed by atoms with Crippen LogP contribution in [0.3, 0.4) is 0 Å².